The molecule has 0 unspecified atom stereocenters. The van der Waals surface area contributed by atoms with E-state index in [1.54, 1.807) is 7.11 Å². The number of hydrogen-bond acceptors (Lipinski definition) is 1. The van der Waals surface area contributed by atoms with Crippen molar-refractivity contribution in [1.29, 1.82) is 0 Å². The molecular weight excluding hydrogens is 267 g/mol. The van der Waals surface area contributed by atoms with Crippen molar-refractivity contribution in [2.24, 2.45) is 0 Å². The highest BCUT2D eigenvalue weighted by atomic mass is 35.5. The molecule has 2 rings (SSSR count). The van der Waals surface area contributed by atoms with E-state index in [2.05, 4.69) is 13.0 Å². The van der Waals surface area contributed by atoms with Crippen molar-refractivity contribution < 1.29 is 4.74 Å². The van der Waals surface area contributed by atoms with E-state index < -0.39 is 0 Å². The Hall–Kier alpha value is -1.18. The Kier molecular flexibility index (Phi) is 4.15. The highest BCUT2D eigenvalue weighted by molar-refractivity contribution is 6.34. The maximum absolute atomic E-state index is 6.27. The molecule has 0 aromatic heterocycles. The summed E-state index contributed by atoms with van der Waals surface area (Å²) in [5, 5.41) is 1.38. The molecule has 0 spiro atoms. The van der Waals surface area contributed by atoms with Gasteiger partial charge in [0.2, 0.25) is 0 Å². The molecule has 2 aromatic rings. The van der Waals surface area contributed by atoms with Crippen LogP contribution in [-0.4, -0.2) is 7.11 Å². The van der Waals surface area contributed by atoms with Crippen molar-refractivity contribution in [3.8, 4) is 16.9 Å². The summed E-state index contributed by atoms with van der Waals surface area (Å²) < 4.78 is 5.37. The largest absolute Gasteiger partial charge is 0.496 e. The van der Waals surface area contributed by atoms with Crippen molar-refractivity contribution in [3.63, 3.8) is 0 Å². The van der Waals surface area contributed by atoms with Gasteiger partial charge in [-0.15, -0.1) is 0 Å². The lowest BCUT2D eigenvalue weighted by Crippen LogP contribution is -1.90. The van der Waals surface area contributed by atoms with Crippen LogP contribution < -0.4 is 4.74 Å². The van der Waals surface area contributed by atoms with E-state index in [0.717, 1.165) is 23.3 Å². The minimum Gasteiger partial charge on any atom is -0.496 e. The van der Waals surface area contributed by atoms with Crippen LogP contribution in [0.25, 0.3) is 11.1 Å². The Morgan fingerprint density at radius 1 is 1.11 bits per heavy atom. The zero-order chi connectivity index (χ0) is 13.1. The number of benzene rings is 2. The molecule has 18 heavy (non-hydrogen) atoms. The fraction of sp³-hybridized carbons (Fsp3) is 0.200. The molecule has 2 aromatic carbocycles. The summed E-state index contributed by atoms with van der Waals surface area (Å²) >= 11 is 12.4. The Balaban J connectivity index is 2.64. The molecule has 0 atom stereocenters. The van der Waals surface area contributed by atoms with Crippen molar-refractivity contribution in [1.82, 2.24) is 0 Å². The first-order valence-electron chi connectivity index (χ1n) is 5.78. The quantitative estimate of drug-likeness (QED) is 0.748. The Bertz CT molecular complexity index is 564. The van der Waals surface area contributed by atoms with Gasteiger partial charge in [-0.2, -0.15) is 0 Å². The first kappa shape index (κ1) is 13.3. The van der Waals surface area contributed by atoms with E-state index in [0.29, 0.717) is 10.0 Å². The topological polar surface area (TPSA) is 9.23 Å². The summed E-state index contributed by atoms with van der Waals surface area (Å²) in [6, 6.07) is 11.6. The fourth-order valence-electron chi connectivity index (χ4n) is 1.95. The van der Waals surface area contributed by atoms with Crippen molar-refractivity contribution in [2.45, 2.75) is 13.3 Å². The van der Waals surface area contributed by atoms with E-state index in [1.807, 2.05) is 30.3 Å². The molecule has 1 nitrogen and oxygen atoms in total. The van der Waals surface area contributed by atoms with E-state index >= 15 is 0 Å². The Morgan fingerprint density at radius 3 is 2.56 bits per heavy atom. The zero-order valence-corrected chi connectivity index (χ0v) is 11.8. The molecule has 3 heteroatoms. The van der Waals surface area contributed by atoms with Crippen LogP contribution in [0.15, 0.2) is 36.4 Å². The van der Waals surface area contributed by atoms with Crippen LogP contribution in [-0.2, 0) is 6.42 Å². The van der Waals surface area contributed by atoms with Crippen LogP contribution in [0.1, 0.15) is 12.5 Å². The average Bonchev–Trinajstić information content (AvgIpc) is 2.37. The fourth-order valence-corrected chi connectivity index (χ4v) is 2.49. The Labute approximate surface area is 117 Å². The van der Waals surface area contributed by atoms with Crippen LogP contribution in [0.2, 0.25) is 10.0 Å². The molecule has 0 fully saturated rings. The average molecular weight is 281 g/mol. The second-order valence-corrected chi connectivity index (χ2v) is 4.86. The van der Waals surface area contributed by atoms with Gasteiger partial charge in [0.05, 0.1) is 12.1 Å². The summed E-state index contributed by atoms with van der Waals surface area (Å²) in [5.74, 6) is 0.756. The van der Waals surface area contributed by atoms with Crippen LogP contribution >= 0.6 is 23.2 Å². The molecule has 0 radical (unpaired) electrons. The second-order valence-electron chi connectivity index (χ2n) is 4.02. The summed E-state index contributed by atoms with van der Waals surface area (Å²) in [6.07, 6.45) is 0.931. The molecule has 0 bridgehead atoms. The van der Waals surface area contributed by atoms with Crippen LogP contribution in [0.4, 0.5) is 0 Å². The molecule has 0 saturated carbocycles. The van der Waals surface area contributed by atoms with Gasteiger partial charge >= 0.3 is 0 Å². The molecule has 0 N–H and O–H groups in total. The van der Waals surface area contributed by atoms with Gasteiger partial charge in [0.25, 0.3) is 0 Å². The van der Waals surface area contributed by atoms with Gasteiger partial charge in [-0.3, -0.25) is 0 Å². The van der Waals surface area contributed by atoms with Gasteiger partial charge in [-0.25, -0.2) is 0 Å². The monoisotopic (exact) mass is 280 g/mol. The highest BCUT2D eigenvalue weighted by Crippen LogP contribution is 2.37. The summed E-state index contributed by atoms with van der Waals surface area (Å²) in [7, 11) is 1.64. The van der Waals surface area contributed by atoms with Crippen LogP contribution in [0.5, 0.6) is 5.75 Å². The number of methoxy groups -OCH3 is 1. The highest BCUT2D eigenvalue weighted by Gasteiger charge is 2.11. The number of hydrogen-bond donors (Lipinski definition) is 0. The van der Waals surface area contributed by atoms with Gasteiger partial charge in [0.1, 0.15) is 5.75 Å². The third kappa shape index (κ3) is 2.63. The lowest BCUT2D eigenvalue weighted by atomic mass is 10.0. The molecule has 94 valence electrons. The number of ether oxygens (including phenoxy) is 1. The Morgan fingerprint density at radius 2 is 1.89 bits per heavy atom. The SMILES string of the molecule is CCc1cc(Cl)cc(-c2c(Cl)cccc2OC)c1. The van der Waals surface area contributed by atoms with Crippen molar-refractivity contribution >= 4 is 23.2 Å². The maximum atomic E-state index is 6.27. The van der Waals surface area contributed by atoms with Crippen molar-refractivity contribution in [3.05, 3.63) is 52.0 Å². The number of rotatable bonds is 3. The molecular formula is C15H14Cl2O. The normalized spacial score (nSPS) is 10.4. The summed E-state index contributed by atoms with van der Waals surface area (Å²) in [6.45, 7) is 2.10. The molecule has 0 aliphatic carbocycles. The van der Waals surface area contributed by atoms with Gasteiger partial charge in [0, 0.05) is 10.6 Å². The third-order valence-electron chi connectivity index (χ3n) is 2.85. The van der Waals surface area contributed by atoms with Gasteiger partial charge in [-0.1, -0.05) is 42.3 Å². The zero-order valence-electron chi connectivity index (χ0n) is 10.3. The number of halogens is 2. The third-order valence-corrected chi connectivity index (χ3v) is 3.38. The first-order valence-corrected chi connectivity index (χ1v) is 6.53. The van der Waals surface area contributed by atoms with E-state index in [-0.39, 0.29) is 0 Å². The lowest BCUT2D eigenvalue weighted by molar-refractivity contribution is 0.416. The molecule has 0 amide bonds. The van der Waals surface area contributed by atoms with Gasteiger partial charge in [0.15, 0.2) is 0 Å². The predicted molar refractivity (Wildman–Crippen MR) is 77.8 cm³/mol. The summed E-state index contributed by atoms with van der Waals surface area (Å²) in [5.41, 5.74) is 3.06. The van der Waals surface area contributed by atoms with E-state index in [4.69, 9.17) is 27.9 Å². The van der Waals surface area contributed by atoms with Crippen LogP contribution in [0.3, 0.4) is 0 Å². The standard InChI is InChI=1S/C15H14Cl2O/c1-3-10-7-11(9-12(16)8-10)15-13(17)5-4-6-14(15)18-2/h4-9H,3H2,1-2H3. The van der Waals surface area contributed by atoms with Gasteiger partial charge < -0.3 is 4.74 Å². The molecule has 0 aliphatic heterocycles. The predicted octanol–water partition coefficient (Wildman–Crippen LogP) is 5.23. The molecule has 0 heterocycles. The lowest BCUT2D eigenvalue weighted by Gasteiger charge is -2.12. The molecule has 0 saturated heterocycles. The van der Waals surface area contributed by atoms with Crippen molar-refractivity contribution in [2.75, 3.05) is 7.11 Å². The smallest absolute Gasteiger partial charge is 0.128 e. The minimum absolute atomic E-state index is 0.665. The minimum atomic E-state index is 0.665. The van der Waals surface area contributed by atoms with Gasteiger partial charge in [-0.05, 0) is 41.8 Å². The van der Waals surface area contributed by atoms with E-state index in [9.17, 15) is 0 Å². The van der Waals surface area contributed by atoms with Crippen LogP contribution in [0, 0.1) is 0 Å². The first-order chi connectivity index (χ1) is 8.65. The number of aryl methyl sites for hydroxylation is 1. The second kappa shape index (κ2) is 5.64. The summed E-state index contributed by atoms with van der Waals surface area (Å²) in [4.78, 5) is 0. The maximum Gasteiger partial charge on any atom is 0.128 e. The molecule has 0 aliphatic rings. The van der Waals surface area contributed by atoms with E-state index in [1.165, 1.54) is 5.56 Å².